The van der Waals surface area contributed by atoms with Crippen LogP contribution in [0.1, 0.15) is 21.5 Å². The molecule has 0 atom stereocenters. The van der Waals surface area contributed by atoms with E-state index in [1.165, 1.54) is 0 Å². The zero-order valence-corrected chi connectivity index (χ0v) is 14.2. The molecular weight excluding hydrogens is 396 g/mol. The predicted molar refractivity (Wildman–Crippen MR) is 93.8 cm³/mol. The number of carbonyl (C=O) groups is 1. The maximum Gasteiger partial charge on any atom is 0.343 e. The van der Waals surface area contributed by atoms with E-state index in [0.717, 1.165) is 11.1 Å². The summed E-state index contributed by atoms with van der Waals surface area (Å²) < 4.78 is 5.33. The Balaban J connectivity index is 2.06. The second-order valence-electron chi connectivity index (χ2n) is 4.17. The molecule has 0 unspecified atom stereocenters. The second kappa shape index (κ2) is 7.96. The monoisotopic (exact) mass is 406 g/mol. The molecule has 0 N–H and O–H groups in total. The van der Waals surface area contributed by atoms with Crippen LogP contribution in [0.25, 0.3) is 12.2 Å². The third-order valence-electron chi connectivity index (χ3n) is 2.75. The molecule has 2 nitrogen and oxygen atoms in total. The van der Waals surface area contributed by atoms with Gasteiger partial charge in [0.05, 0.1) is 5.56 Å². The summed E-state index contributed by atoms with van der Waals surface area (Å²) >= 11 is 6.43. The lowest BCUT2D eigenvalue weighted by atomic mass is 10.1. The highest BCUT2D eigenvalue weighted by Gasteiger charge is 2.07. The van der Waals surface area contributed by atoms with Crippen LogP contribution < -0.4 is 4.74 Å². The quantitative estimate of drug-likeness (QED) is 0.484. The third kappa shape index (κ3) is 4.69. The lowest BCUT2D eigenvalue weighted by molar-refractivity contribution is 0.0735. The summed E-state index contributed by atoms with van der Waals surface area (Å²) in [6, 6.07) is 14.5. The van der Waals surface area contributed by atoms with E-state index in [9.17, 15) is 4.79 Å². The van der Waals surface area contributed by atoms with Gasteiger partial charge in [0, 0.05) is 0 Å². The fourth-order valence-corrected chi connectivity index (χ4v) is 2.30. The van der Waals surface area contributed by atoms with Crippen molar-refractivity contribution < 1.29 is 9.53 Å². The van der Waals surface area contributed by atoms with Gasteiger partial charge in [-0.05, 0) is 57.5 Å². The summed E-state index contributed by atoms with van der Waals surface area (Å²) in [6.07, 6.45) is 3.80. The third-order valence-corrected chi connectivity index (χ3v) is 3.28. The molecule has 0 aliphatic carbocycles. The highest BCUT2D eigenvalue weighted by Crippen LogP contribution is 2.16. The highest BCUT2D eigenvalue weighted by molar-refractivity contribution is 9.11. The molecule has 0 saturated heterocycles. The van der Waals surface area contributed by atoms with Crippen LogP contribution in [-0.4, -0.2) is 5.97 Å². The van der Waals surface area contributed by atoms with E-state index in [0.29, 0.717) is 11.3 Å². The fraction of sp³-hybridized carbons (Fsp3) is 0. The number of hydrogen-bond donors (Lipinski definition) is 0. The smallest absolute Gasteiger partial charge is 0.343 e. The van der Waals surface area contributed by atoms with Crippen LogP contribution in [0, 0.1) is 0 Å². The molecule has 2 aromatic carbocycles. The molecule has 0 spiro atoms. The summed E-state index contributed by atoms with van der Waals surface area (Å²) in [7, 11) is 0. The van der Waals surface area contributed by atoms with E-state index < -0.39 is 0 Å². The SMILES string of the molecule is O=C(Oc1ccc(/C=C/Br)cc1)c1ccc(/C=C\Br)cc1. The average molecular weight is 408 g/mol. The van der Waals surface area contributed by atoms with E-state index in [4.69, 9.17) is 4.74 Å². The number of benzene rings is 2. The van der Waals surface area contributed by atoms with Gasteiger partial charge in [0.2, 0.25) is 0 Å². The summed E-state index contributed by atoms with van der Waals surface area (Å²) in [4.78, 5) is 15.6. The topological polar surface area (TPSA) is 26.3 Å². The largest absolute Gasteiger partial charge is 0.423 e. The van der Waals surface area contributed by atoms with Crippen LogP contribution in [0.3, 0.4) is 0 Å². The van der Waals surface area contributed by atoms with Gasteiger partial charge in [0.1, 0.15) is 5.75 Å². The first kappa shape index (κ1) is 15.7. The Morgan fingerprint density at radius 1 is 0.810 bits per heavy atom. The average Bonchev–Trinajstić information content (AvgIpc) is 2.50. The van der Waals surface area contributed by atoms with Gasteiger partial charge in [0.15, 0.2) is 0 Å². The van der Waals surface area contributed by atoms with Crippen molar-refractivity contribution in [2.45, 2.75) is 0 Å². The van der Waals surface area contributed by atoms with E-state index in [1.807, 2.05) is 36.4 Å². The Morgan fingerprint density at radius 2 is 1.29 bits per heavy atom. The van der Waals surface area contributed by atoms with Crippen molar-refractivity contribution in [3.8, 4) is 5.75 Å². The lowest BCUT2D eigenvalue weighted by Crippen LogP contribution is -2.08. The molecule has 0 aromatic heterocycles. The minimum absolute atomic E-state index is 0.367. The van der Waals surface area contributed by atoms with Gasteiger partial charge in [-0.2, -0.15) is 0 Å². The van der Waals surface area contributed by atoms with Gasteiger partial charge < -0.3 is 4.74 Å². The van der Waals surface area contributed by atoms with E-state index in [1.54, 1.807) is 34.2 Å². The summed E-state index contributed by atoms with van der Waals surface area (Å²) in [5.41, 5.74) is 2.55. The second-order valence-corrected chi connectivity index (χ2v) is 5.22. The van der Waals surface area contributed by atoms with Crippen molar-refractivity contribution in [2.24, 2.45) is 0 Å². The molecule has 4 heteroatoms. The molecule has 2 aromatic rings. The van der Waals surface area contributed by atoms with Crippen LogP contribution in [-0.2, 0) is 0 Å². The van der Waals surface area contributed by atoms with Crippen molar-refractivity contribution in [1.82, 2.24) is 0 Å². The van der Waals surface area contributed by atoms with E-state index >= 15 is 0 Å². The molecule has 0 aliphatic heterocycles. The van der Waals surface area contributed by atoms with Gasteiger partial charge in [-0.25, -0.2) is 4.79 Å². The van der Waals surface area contributed by atoms with E-state index in [-0.39, 0.29) is 5.97 Å². The molecule has 0 bridgehead atoms. The minimum Gasteiger partial charge on any atom is -0.423 e. The Hall–Kier alpha value is -1.65. The number of esters is 1. The minimum atomic E-state index is -0.367. The number of rotatable bonds is 4. The molecular formula is C17H12Br2O2. The summed E-state index contributed by atoms with van der Waals surface area (Å²) in [5, 5.41) is 0. The zero-order chi connectivity index (χ0) is 15.1. The van der Waals surface area contributed by atoms with Gasteiger partial charge in [0.25, 0.3) is 0 Å². The zero-order valence-electron chi connectivity index (χ0n) is 11.0. The predicted octanol–water partition coefficient (Wildman–Crippen LogP) is 5.64. The maximum absolute atomic E-state index is 12.0. The van der Waals surface area contributed by atoms with Crippen LogP contribution in [0.15, 0.2) is 58.5 Å². The lowest BCUT2D eigenvalue weighted by Gasteiger charge is -2.05. The summed E-state index contributed by atoms with van der Waals surface area (Å²) in [5.74, 6) is 0.157. The van der Waals surface area contributed by atoms with Crippen molar-refractivity contribution in [2.75, 3.05) is 0 Å². The number of ether oxygens (including phenoxy) is 1. The molecule has 2 rings (SSSR count). The molecule has 21 heavy (non-hydrogen) atoms. The summed E-state index contributed by atoms with van der Waals surface area (Å²) in [6.45, 7) is 0. The number of halogens is 2. The first-order valence-electron chi connectivity index (χ1n) is 6.19. The van der Waals surface area contributed by atoms with Crippen LogP contribution in [0.4, 0.5) is 0 Å². The Labute approximate surface area is 140 Å². The highest BCUT2D eigenvalue weighted by atomic mass is 79.9. The van der Waals surface area contributed by atoms with Crippen molar-refractivity contribution in [1.29, 1.82) is 0 Å². The van der Waals surface area contributed by atoms with E-state index in [2.05, 4.69) is 31.9 Å². The molecule has 0 fully saturated rings. The van der Waals surface area contributed by atoms with Crippen molar-refractivity contribution in [3.05, 3.63) is 75.2 Å². The molecule has 106 valence electrons. The number of carbonyl (C=O) groups excluding carboxylic acids is 1. The Morgan fingerprint density at radius 3 is 1.76 bits per heavy atom. The van der Waals surface area contributed by atoms with Crippen LogP contribution in [0.2, 0.25) is 0 Å². The van der Waals surface area contributed by atoms with Gasteiger partial charge in [-0.1, -0.05) is 56.1 Å². The van der Waals surface area contributed by atoms with Crippen LogP contribution >= 0.6 is 31.9 Å². The number of hydrogen-bond acceptors (Lipinski definition) is 2. The Bertz CT molecular complexity index is 656. The molecule has 0 radical (unpaired) electrons. The maximum atomic E-state index is 12.0. The fourth-order valence-electron chi connectivity index (χ4n) is 1.69. The van der Waals surface area contributed by atoms with Gasteiger partial charge in [-0.3, -0.25) is 0 Å². The molecule has 0 saturated carbocycles. The van der Waals surface area contributed by atoms with Gasteiger partial charge >= 0.3 is 5.97 Å². The normalized spacial score (nSPS) is 11.1. The van der Waals surface area contributed by atoms with Crippen molar-refractivity contribution >= 4 is 50.0 Å². The van der Waals surface area contributed by atoms with Crippen molar-refractivity contribution in [3.63, 3.8) is 0 Å². The Kier molecular flexibility index (Phi) is 5.96. The van der Waals surface area contributed by atoms with Gasteiger partial charge in [-0.15, -0.1) is 0 Å². The standard InChI is InChI=1S/C17H12Br2O2/c18-11-9-13-1-5-15(6-2-13)17(20)21-16-7-3-14(4-8-16)10-12-19/h1-12H/b11-9-,12-10+. The first-order valence-corrected chi connectivity index (χ1v) is 8.02. The molecule has 0 amide bonds. The molecule has 0 aliphatic rings. The molecule has 0 heterocycles. The first-order chi connectivity index (χ1) is 10.2. The van der Waals surface area contributed by atoms with Crippen LogP contribution in [0.5, 0.6) is 5.75 Å².